The number of hydrogen-bond donors (Lipinski definition) is 1. The van der Waals surface area contributed by atoms with Crippen LogP contribution in [0.1, 0.15) is 50.5 Å². The zero-order chi connectivity index (χ0) is 15.2. The second-order valence-corrected chi connectivity index (χ2v) is 7.69. The van der Waals surface area contributed by atoms with Crippen LogP contribution < -0.4 is 5.32 Å². The fourth-order valence-electron chi connectivity index (χ4n) is 2.28. The maximum Gasteiger partial charge on any atom is 0.150 e. The Hall–Kier alpha value is -0.880. The molecule has 0 aliphatic rings. The number of sulfone groups is 1. The van der Waals surface area contributed by atoms with E-state index in [1.807, 2.05) is 18.7 Å². The topological polar surface area (TPSA) is 64.0 Å². The van der Waals surface area contributed by atoms with Gasteiger partial charge in [-0.3, -0.25) is 4.68 Å². The first-order valence-corrected chi connectivity index (χ1v) is 9.16. The fraction of sp³-hybridized carbons (Fsp3) is 0.786. The molecule has 1 aromatic rings. The zero-order valence-electron chi connectivity index (χ0n) is 13.0. The fourth-order valence-corrected chi connectivity index (χ4v) is 3.18. The highest BCUT2D eigenvalue weighted by molar-refractivity contribution is 7.91. The van der Waals surface area contributed by atoms with Crippen molar-refractivity contribution >= 4 is 9.84 Å². The van der Waals surface area contributed by atoms with Crippen LogP contribution in [0, 0.1) is 6.92 Å². The molecule has 0 aliphatic heterocycles. The minimum atomic E-state index is -2.87. The molecule has 5 nitrogen and oxygen atoms in total. The summed E-state index contributed by atoms with van der Waals surface area (Å²) in [5.74, 6) is 0.496. The van der Waals surface area contributed by atoms with Gasteiger partial charge in [-0.15, -0.1) is 0 Å². The number of aryl methyl sites for hydroxylation is 2. The summed E-state index contributed by atoms with van der Waals surface area (Å²) in [6.07, 6.45) is 2.56. The summed E-state index contributed by atoms with van der Waals surface area (Å²) in [6.45, 7) is 6.73. The van der Waals surface area contributed by atoms with E-state index in [4.69, 9.17) is 0 Å². The van der Waals surface area contributed by atoms with Crippen molar-refractivity contribution in [1.82, 2.24) is 15.1 Å². The van der Waals surface area contributed by atoms with Gasteiger partial charge in [0.1, 0.15) is 9.84 Å². The third kappa shape index (κ3) is 5.25. The summed E-state index contributed by atoms with van der Waals surface area (Å²) >= 11 is 0. The molecule has 0 saturated carbocycles. The van der Waals surface area contributed by atoms with E-state index in [1.54, 1.807) is 6.92 Å². The van der Waals surface area contributed by atoms with Gasteiger partial charge in [-0.25, -0.2) is 8.42 Å². The van der Waals surface area contributed by atoms with E-state index in [9.17, 15) is 8.42 Å². The number of aromatic nitrogens is 2. The quantitative estimate of drug-likeness (QED) is 0.757. The molecule has 0 radical (unpaired) electrons. The molecular formula is C14H27N3O2S. The molecule has 6 heteroatoms. The summed E-state index contributed by atoms with van der Waals surface area (Å²) < 4.78 is 25.0. The van der Waals surface area contributed by atoms with Gasteiger partial charge >= 0.3 is 0 Å². The normalized spacial score (nSPS) is 13.6. The van der Waals surface area contributed by atoms with Crippen LogP contribution in [-0.4, -0.2) is 36.2 Å². The summed E-state index contributed by atoms with van der Waals surface area (Å²) in [4.78, 5) is 0. The van der Waals surface area contributed by atoms with Crippen molar-refractivity contribution in [2.75, 3.05) is 18.1 Å². The van der Waals surface area contributed by atoms with Gasteiger partial charge in [0.25, 0.3) is 0 Å². The number of hydrogen-bond acceptors (Lipinski definition) is 4. The Kier molecular flexibility index (Phi) is 6.68. The van der Waals surface area contributed by atoms with Crippen LogP contribution in [0.2, 0.25) is 0 Å². The Balaban J connectivity index is 2.68. The highest BCUT2D eigenvalue weighted by atomic mass is 32.2. The molecule has 0 bridgehead atoms. The molecule has 1 aromatic heterocycles. The lowest BCUT2D eigenvalue weighted by atomic mass is 10.1. The Morgan fingerprint density at radius 2 is 2.10 bits per heavy atom. The Bertz CT molecular complexity index is 508. The molecule has 1 unspecified atom stereocenters. The van der Waals surface area contributed by atoms with Gasteiger partial charge in [0.05, 0.1) is 17.1 Å². The van der Waals surface area contributed by atoms with Crippen LogP contribution in [0.3, 0.4) is 0 Å². The van der Waals surface area contributed by atoms with Crippen molar-refractivity contribution in [3.8, 4) is 0 Å². The molecule has 116 valence electrons. The monoisotopic (exact) mass is 301 g/mol. The molecule has 0 spiro atoms. The van der Waals surface area contributed by atoms with Crippen LogP contribution in [0.15, 0.2) is 6.07 Å². The lowest BCUT2D eigenvalue weighted by Gasteiger charge is -2.18. The Morgan fingerprint density at radius 1 is 1.40 bits per heavy atom. The third-order valence-corrected chi connectivity index (χ3v) is 5.21. The van der Waals surface area contributed by atoms with Crippen molar-refractivity contribution in [1.29, 1.82) is 0 Å². The molecule has 0 aliphatic carbocycles. The van der Waals surface area contributed by atoms with Crippen LogP contribution >= 0.6 is 0 Å². The van der Waals surface area contributed by atoms with Gasteiger partial charge < -0.3 is 5.32 Å². The van der Waals surface area contributed by atoms with Crippen molar-refractivity contribution in [3.05, 3.63) is 17.5 Å². The van der Waals surface area contributed by atoms with Crippen LogP contribution in [0.4, 0.5) is 0 Å². The van der Waals surface area contributed by atoms with E-state index in [1.165, 1.54) is 0 Å². The Labute approximate surface area is 122 Å². The molecule has 0 aromatic carbocycles. The van der Waals surface area contributed by atoms with Crippen LogP contribution in [0.5, 0.6) is 0 Å². The van der Waals surface area contributed by atoms with Crippen molar-refractivity contribution in [2.24, 2.45) is 7.05 Å². The van der Waals surface area contributed by atoms with E-state index in [-0.39, 0.29) is 17.5 Å². The molecule has 1 rings (SSSR count). The summed E-state index contributed by atoms with van der Waals surface area (Å²) in [6, 6.07) is 2.25. The third-order valence-electron chi connectivity index (χ3n) is 3.42. The van der Waals surface area contributed by atoms with E-state index >= 15 is 0 Å². The van der Waals surface area contributed by atoms with Crippen LogP contribution in [0.25, 0.3) is 0 Å². The van der Waals surface area contributed by atoms with Crippen LogP contribution in [-0.2, 0) is 16.9 Å². The second kappa shape index (κ2) is 7.78. The lowest BCUT2D eigenvalue weighted by Crippen LogP contribution is -2.25. The first-order chi connectivity index (χ1) is 9.39. The molecule has 0 saturated heterocycles. The van der Waals surface area contributed by atoms with E-state index in [2.05, 4.69) is 23.4 Å². The van der Waals surface area contributed by atoms with Gasteiger partial charge in [0.2, 0.25) is 0 Å². The zero-order valence-corrected chi connectivity index (χ0v) is 13.8. The minimum Gasteiger partial charge on any atom is -0.309 e. The largest absolute Gasteiger partial charge is 0.309 e. The number of rotatable bonds is 9. The summed E-state index contributed by atoms with van der Waals surface area (Å²) in [5.41, 5.74) is 2.12. The predicted molar refractivity (Wildman–Crippen MR) is 82.5 cm³/mol. The molecule has 0 amide bonds. The lowest BCUT2D eigenvalue weighted by molar-refractivity contribution is 0.463. The number of nitrogens with zero attached hydrogens (tertiary/aromatic N) is 2. The van der Waals surface area contributed by atoms with E-state index in [0.717, 1.165) is 30.8 Å². The average molecular weight is 301 g/mol. The smallest absolute Gasteiger partial charge is 0.150 e. The summed E-state index contributed by atoms with van der Waals surface area (Å²) in [5, 5.41) is 7.86. The first kappa shape index (κ1) is 17.2. The van der Waals surface area contributed by atoms with E-state index in [0.29, 0.717) is 6.42 Å². The predicted octanol–water partition coefficient (Wildman–Crippen LogP) is 1.98. The van der Waals surface area contributed by atoms with E-state index < -0.39 is 9.84 Å². The first-order valence-electron chi connectivity index (χ1n) is 7.34. The Morgan fingerprint density at radius 3 is 2.60 bits per heavy atom. The van der Waals surface area contributed by atoms with Crippen molar-refractivity contribution in [3.63, 3.8) is 0 Å². The standard InChI is InChI=1S/C14H27N3O2S/c1-5-9-15-13(8-7-10-20(18,19)6-2)14-11-12(3)16-17(14)4/h11,13,15H,5-10H2,1-4H3. The highest BCUT2D eigenvalue weighted by Crippen LogP contribution is 2.19. The van der Waals surface area contributed by atoms with Crippen molar-refractivity contribution < 1.29 is 8.42 Å². The molecule has 1 heterocycles. The maximum atomic E-state index is 11.6. The van der Waals surface area contributed by atoms with Gasteiger partial charge in [-0.2, -0.15) is 5.10 Å². The maximum absolute atomic E-state index is 11.6. The van der Waals surface area contributed by atoms with Gasteiger partial charge in [0.15, 0.2) is 0 Å². The van der Waals surface area contributed by atoms with Gasteiger partial charge in [0, 0.05) is 18.8 Å². The SMILES string of the molecule is CCCNC(CCCS(=O)(=O)CC)c1cc(C)nn1C. The highest BCUT2D eigenvalue weighted by Gasteiger charge is 2.16. The minimum absolute atomic E-state index is 0.174. The molecule has 20 heavy (non-hydrogen) atoms. The second-order valence-electron chi connectivity index (χ2n) is 5.22. The average Bonchev–Trinajstić information content (AvgIpc) is 2.72. The van der Waals surface area contributed by atoms with Gasteiger partial charge in [-0.05, 0) is 38.8 Å². The van der Waals surface area contributed by atoms with Crippen molar-refractivity contribution in [2.45, 2.75) is 46.1 Å². The summed E-state index contributed by atoms with van der Waals surface area (Å²) in [7, 11) is -0.937. The molecular weight excluding hydrogens is 274 g/mol. The molecule has 1 atom stereocenters. The van der Waals surface area contributed by atoms with Gasteiger partial charge in [-0.1, -0.05) is 13.8 Å². The number of nitrogens with one attached hydrogen (secondary N) is 1. The molecule has 0 fully saturated rings. The molecule has 1 N–H and O–H groups in total.